The van der Waals surface area contributed by atoms with Crippen molar-refractivity contribution in [3.05, 3.63) is 82.9 Å². The van der Waals surface area contributed by atoms with Crippen molar-refractivity contribution in [3.8, 4) is 22.9 Å². The number of nitrogens with one attached hydrogen (secondary N) is 1. The lowest BCUT2D eigenvalue weighted by molar-refractivity contribution is -0.124. The van der Waals surface area contributed by atoms with Crippen LogP contribution in [0.3, 0.4) is 0 Å². The summed E-state index contributed by atoms with van der Waals surface area (Å²) in [6, 6.07) is 18.9. The Bertz CT molecular complexity index is 1430. The van der Waals surface area contributed by atoms with Crippen LogP contribution in [0.15, 0.2) is 66.2 Å². The minimum atomic E-state index is -0.850. The van der Waals surface area contributed by atoms with E-state index < -0.39 is 5.41 Å². The predicted octanol–water partition coefficient (Wildman–Crippen LogP) is 5.20. The zero-order valence-corrected chi connectivity index (χ0v) is 21.2. The molecule has 8 nitrogen and oxygen atoms in total. The van der Waals surface area contributed by atoms with Gasteiger partial charge in [-0.3, -0.25) is 9.59 Å². The number of nitrogens with zero attached hydrogens (tertiary/aromatic N) is 4. The lowest BCUT2D eigenvalue weighted by Gasteiger charge is -2.37. The normalized spacial score (nSPS) is 14.3. The SMILES string of the molecule is CN(C)C(=O)c1ccc(-c2ccc3c(n2)Oc2ccccc2[C@H]3C(C)(C)C(=O)Nc2nncs2)cc1. The van der Waals surface area contributed by atoms with Crippen LogP contribution < -0.4 is 10.1 Å². The van der Waals surface area contributed by atoms with E-state index in [0.29, 0.717) is 28.0 Å². The molecule has 0 saturated carbocycles. The van der Waals surface area contributed by atoms with Crippen molar-refractivity contribution in [3.63, 3.8) is 0 Å². The number of benzene rings is 2. The van der Waals surface area contributed by atoms with Gasteiger partial charge in [-0.25, -0.2) is 4.98 Å². The van der Waals surface area contributed by atoms with E-state index in [0.717, 1.165) is 16.7 Å². The number of ether oxygens (including phenoxy) is 1. The van der Waals surface area contributed by atoms with Crippen molar-refractivity contribution < 1.29 is 14.3 Å². The Morgan fingerprint density at radius 1 is 1.00 bits per heavy atom. The standard InChI is InChI=1S/C27H25N5O3S/c1-27(2,25(34)30-26-31-28-15-36-26)22-18-7-5-6-8-21(18)35-23-19(22)13-14-20(29-23)16-9-11-17(12-10-16)24(33)32(3)4/h5-15,22H,1-4H3,(H,30,31,34)/t22-/m1/s1. The van der Waals surface area contributed by atoms with E-state index in [-0.39, 0.29) is 17.7 Å². The van der Waals surface area contributed by atoms with E-state index in [1.54, 1.807) is 36.6 Å². The molecule has 1 N–H and O–H groups in total. The van der Waals surface area contributed by atoms with Crippen molar-refractivity contribution in [2.75, 3.05) is 19.4 Å². The predicted molar refractivity (Wildman–Crippen MR) is 138 cm³/mol. The van der Waals surface area contributed by atoms with E-state index in [1.165, 1.54) is 11.3 Å². The number of anilines is 1. The second-order valence-corrected chi connectivity index (χ2v) is 10.2. The Hall–Kier alpha value is -4.11. The fourth-order valence-electron chi connectivity index (χ4n) is 4.43. The first-order valence-corrected chi connectivity index (χ1v) is 12.3. The first kappa shape index (κ1) is 23.6. The summed E-state index contributed by atoms with van der Waals surface area (Å²) in [7, 11) is 3.45. The van der Waals surface area contributed by atoms with Gasteiger partial charge in [0.15, 0.2) is 0 Å². The molecule has 0 unspecified atom stereocenters. The Kier molecular flexibility index (Phi) is 6.01. The maximum Gasteiger partial charge on any atom is 0.253 e. The highest BCUT2D eigenvalue weighted by Crippen LogP contribution is 2.52. The minimum absolute atomic E-state index is 0.0585. The summed E-state index contributed by atoms with van der Waals surface area (Å²) >= 11 is 1.27. The number of aromatic nitrogens is 3. The average molecular weight is 500 g/mol. The molecule has 2 aromatic heterocycles. The Morgan fingerprint density at radius 2 is 1.75 bits per heavy atom. The quantitative estimate of drug-likeness (QED) is 0.405. The van der Waals surface area contributed by atoms with Crippen LogP contribution in [-0.2, 0) is 4.79 Å². The first-order valence-electron chi connectivity index (χ1n) is 11.4. The van der Waals surface area contributed by atoms with Gasteiger partial charge in [-0.15, -0.1) is 10.2 Å². The summed E-state index contributed by atoms with van der Waals surface area (Å²) < 4.78 is 6.22. The van der Waals surface area contributed by atoms with Crippen molar-refractivity contribution >= 4 is 28.3 Å². The second-order valence-electron chi connectivity index (χ2n) is 9.36. The van der Waals surface area contributed by atoms with Crippen molar-refractivity contribution in [1.82, 2.24) is 20.1 Å². The molecule has 0 fully saturated rings. The Labute approximate surface area is 213 Å². The molecule has 9 heteroatoms. The largest absolute Gasteiger partial charge is 0.438 e. The summed E-state index contributed by atoms with van der Waals surface area (Å²) in [6.45, 7) is 3.82. The minimum Gasteiger partial charge on any atom is -0.438 e. The van der Waals surface area contributed by atoms with Gasteiger partial charge in [0.05, 0.1) is 11.1 Å². The lowest BCUT2D eigenvalue weighted by Crippen LogP contribution is -2.38. The van der Waals surface area contributed by atoms with E-state index in [4.69, 9.17) is 9.72 Å². The number of para-hydroxylation sites is 1. The van der Waals surface area contributed by atoms with E-state index in [2.05, 4.69) is 15.5 Å². The molecule has 4 aromatic rings. The van der Waals surface area contributed by atoms with Crippen LogP contribution >= 0.6 is 11.3 Å². The molecule has 0 aliphatic carbocycles. The summed E-state index contributed by atoms with van der Waals surface area (Å²) in [5.74, 6) is 0.603. The smallest absolute Gasteiger partial charge is 0.253 e. The second kappa shape index (κ2) is 9.16. The van der Waals surface area contributed by atoms with Gasteiger partial charge in [-0.2, -0.15) is 0 Å². The fraction of sp³-hybridized carbons (Fsp3) is 0.222. The Balaban J connectivity index is 1.53. The fourth-order valence-corrected chi connectivity index (χ4v) is 4.87. The van der Waals surface area contributed by atoms with E-state index in [9.17, 15) is 9.59 Å². The molecule has 0 radical (unpaired) electrons. The lowest BCUT2D eigenvalue weighted by atomic mass is 9.69. The summed E-state index contributed by atoms with van der Waals surface area (Å²) in [4.78, 5) is 32.0. The Morgan fingerprint density at radius 3 is 2.44 bits per heavy atom. The zero-order valence-electron chi connectivity index (χ0n) is 20.4. The van der Waals surface area contributed by atoms with Gasteiger partial charge in [0.25, 0.3) is 5.91 Å². The number of carbonyl (C=O) groups excluding carboxylic acids is 2. The summed E-state index contributed by atoms with van der Waals surface area (Å²) in [5.41, 5.74) is 4.66. The van der Waals surface area contributed by atoms with Gasteiger partial charge in [-0.1, -0.05) is 61.6 Å². The summed E-state index contributed by atoms with van der Waals surface area (Å²) in [5, 5.41) is 11.1. The number of hydrogen-bond donors (Lipinski definition) is 1. The molecule has 1 aliphatic heterocycles. The molecule has 5 rings (SSSR count). The highest BCUT2D eigenvalue weighted by molar-refractivity contribution is 7.13. The first-order chi connectivity index (χ1) is 17.3. The van der Waals surface area contributed by atoms with Crippen LogP contribution in [0.5, 0.6) is 11.6 Å². The topological polar surface area (TPSA) is 97.3 Å². The maximum absolute atomic E-state index is 13.4. The number of carbonyl (C=O) groups is 2. The van der Waals surface area contributed by atoms with Gasteiger partial charge in [0.1, 0.15) is 11.3 Å². The van der Waals surface area contributed by atoms with Gasteiger partial charge in [0, 0.05) is 42.3 Å². The number of amides is 2. The number of fused-ring (bicyclic) bond motifs is 2. The number of rotatable bonds is 5. The molecular weight excluding hydrogens is 474 g/mol. The molecule has 2 aromatic carbocycles. The molecule has 1 atom stereocenters. The van der Waals surface area contributed by atoms with E-state index in [1.807, 2.05) is 62.4 Å². The monoisotopic (exact) mass is 499 g/mol. The van der Waals surface area contributed by atoms with Gasteiger partial charge in [0.2, 0.25) is 16.9 Å². The van der Waals surface area contributed by atoms with Gasteiger partial charge in [-0.05, 0) is 24.3 Å². The van der Waals surface area contributed by atoms with Crippen LogP contribution in [0.25, 0.3) is 11.3 Å². The molecule has 36 heavy (non-hydrogen) atoms. The van der Waals surface area contributed by atoms with Crippen molar-refractivity contribution in [2.24, 2.45) is 5.41 Å². The van der Waals surface area contributed by atoms with Crippen LogP contribution in [-0.4, -0.2) is 46.0 Å². The maximum atomic E-state index is 13.4. The van der Waals surface area contributed by atoms with Crippen LogP contribution in [0, 0.1) is 5.41 Å². The third kappa shape index (κ3) is 4.22. The highest BCUT2D eigenvalue weighted by atomic mass is 32.1. The van der Waals surface area contributed by atoms with E-state index >= 15 is 0 Å². The highest BCUT2D eigenvalue weighted by Gasteiger charge is 2.44. The van der Waals surface area contributed by atoms with Crippen LogP contribution in [0.4, 0.5) is 5.13 Å². The summed E-state index contributed by atoms with van der Waals surface area (Å²) in [6.07, 6.45) is 0. The molecular formula is C27H25N5O3S. The van der Waals surface area contributed by atoms with Crippen LogP contribution in [0.2, 0.25) is 0 Å². The molecule has 1 aliphatic rings. The van der Waals surface area contributed by atoms with Crippen LogP contribution in [0.1, 0.15) is 41.3 Å². The number of hydrogen-bond acceptors (Lipinski definition) is 7. The molecule has 0 bridgehead atoms. The molecule has 0 saturated heterocycles. The third-order valence-corrected chi connectivity index (χ3v) is 6.97. The average Bonchev–Trinajstić information content (AvgIpc) is 3.39. The molecule has 2 amide bonds. The van der Waals surface area contributed by atoms with Crippen molar-refractivity contribution in [2.45, 2.75) is 19.8 Å². The van der Waals surface area contributed by atoms with Gasteiger partial charge >= 0.3 is 0 Å². The molecule has 3 heterocycles. The molecule has 0 spiro atoms. The number of pyridine rings is 1. The van der Waals surface area contributed by atoms with Gasteiger partial charge < -0.3 is 15.0 Å². The van der Waals surface area contributed by atoms with Crippen molar-refractivity contribution in [1.29, 1.82) is 0 Å². The molecule has 182 valence electrons. The third-order valence-electron chi connectivity index (χ3n) is 6.36. The zero-order chi connectivity index (χ0) is 25.4.